The third-order valence-corrected chi connectivity index (χ3v) is 4.99. The zero-order valence-corrected chi connectivity index (χ0v) is 14.0. The van der Waals surface area contributed by atoms with Crippen LogP contribution in [0.4, 0.5) is 0 Å². The third-order valence-electron chi connectivity index (χ3n) is 3.95. The Labute approximate surface area is 137 Å². The summed E-state index contributed by atoms with van der Waals surface area (Å²) in [6.07, 6.45) is 3.02. The van der Waals surface area contributed by atoms with Gasteiger partial charge in [0.05, 0.1) is 6.04 Å². The molecule has 5 nitrogen and oxygen atoms in total. The SMILES string of the molecule is Cc1ccn2c(=O)c(C(=O)N(C)C(C)c3cccs3)cnc2c1. The third kappa shape index (κ3) is 2.77. The standard InChI is InChI=1S/C17H17N3O2S/c1-11-6-7-20-15(9-11)18-10-13(17(20)22)16(21)19(3)12(2)14-5-4-8-23-14/h4-10,12H,1-3H3. The van der Waals surface area contributed by atoms with Crippen molar-refractivity contribution in [2.45, 2.75) is 19.9 Å². The first-order valence-electron chi connectivity index (χ1n) is 7.27. The fourth-order valence-electron chi connectivity index (χ4n) is 2.41. The second kappa shape index (κ2) is 5.96. The lowest BCUT2D eigenvalue weighted by Crippen LogP contribution is -2.34. The van der Waals surface area contributed by atoms with E-state index >= 15 is 0 Å². The molecule has 1 amide bonds. The van der Waals surface area contributed by atoms with Crippen LogP contribution in [0.2, 0.25) is 0 Å². The molecule has 0 aliphatic heterocycles. The minimum Gasteiger partial charge on any atom is -0.334 e. The first kappa shape index (κ1) is 15.4. The smallest absolute Gasteiger partial charge is 0.270 e. The van der Waals surface area contributed by atoms with Gasteiger partial charge in [0.2, 0.25) is 0 Å². The number of thiophene rings is 1. The van der Waals surface area contributed by atoms with E-state index in [1.165, 1.54) is 10.6 Å². The van der Waals surface area contributed by atoms with Gasteiger partial charge in [-0.05, 0) is 43.0 Å². The van der Waals surface area contributed by atoms with Crippen molar-refractivity contribution >= 4 is 22.9 Å². The largest absolute Gasteiger partial charge is 0.334 e. The normalized spacial score (nSPS) is 12.3. The maximum atomic E-state index is 12.7. The summed E-state index contributed by atoms with van der Waals surface area (Å²) in [5.41, 5.74) is 1.29. The summed E-state index contributed by atoms with van der Waals surface area (Å²) in [6.45, 7) is 3.88. The van der Waals surface area contributed by atoms with Crippen LogP contribution < -0.4 is 5.56 Å². The molecule has 0 saturated carbocycles. The monoisotopic (exact) mass is 327 g/mol. The van der Waals surface area contributed by atoms with Crippen molar-refractivity contribution in [2.24, 2.45) is 0 Å². The second-order valence-electron chi connectivity index (χ2n) is 5.52. The van der Waals surface area contributed by atoms with Gasteiger partial charge in [-0.15, -0.1) is 11.3 Å². The van der Waals surface area contributed by atoms with Crippen molar-refractivity contribution in [1.82, 2.24) is 14.3 Å². The van der Waals surface area contributed by atoms with Crippen molar-refractivity contribution in [3.63, 3.8) is 0 Å². The summed E-state index contributed by atoms with van der Waals surface area (Å²) < 4.78 is 1.41. The van der Waals surface area contributed by atoms with E-state index in [0.29, 0.717) is 5.65 Å². The Hall–Kier alpha value is -2.47. The van der Waals surface area contributed by atoms with Gasteiger partial charge in [-0.1, -0.05) is 6.07 Å². The number of rotatable bonds is 3. The summed E-state index contributed by atoms with van der Waals surface area (Å²) in [6, 6.07) is 7.47. The molecule has 3 aromatic heterocycles. The maximum absolute atomic E-state index is 12.7. The topological polar surface area (TPSA) is 54.7 Å². The van der Waals surface area contributed by atoms with Crippen LogP contribution in [0.15, 0.2) is 46.8 Å². The Morgan fingerprint density at radius 3 is 2.87 bits per heavy atom. The predicted molar refractivity (Wildman–Crippen MR) is 91.0 cm³/mol. The quantitative estimate of drug-likeness (QED) is 0.743. The van der Waals surface area contributed by atoms with Crippen LogP contribution in [0.1, 0.15) is 33.8 Å². The zero-order valence-electron chi connectivity index (χ0n) is 13.2. The van der Waals surface area contributed by atoms with E-state index in [1.807, 2.05) is 43.5 Å². The number of carbonyl (C=O) groups excluding carboxylic acids is 1. The van der Waals surface area contributed by atoms with E-state index in [-0.39, 0.29) is 23.1 Å². The molecule has 6 heteroatoms. The van der Waals surface area contributed by atoms with Crippen LogP contribution in [-0.2, 0) is 0 Å². The van der Waals surface area contributed by atoms with Crippen molar-refractivity contribution in [1.29, 1.82) is 0 Å². The van der Waals surface area contributed by atoms with Gasteiger partial charge in [0, 0.05) is 24.3 Å². The molecule has 0 radical (unpaired) electrons. The summed E-state index contributed by atoms with van der Waals surface area (Å²) >= 11 is 1.59. The Balaban J connectivity index is 1.99. The minimum atomic E-state index is -0.342. The number of hydrogen-bond donors (Lipinski definition) is 0. The molecule has 0 fully saturated rings. The Morgan fingerprint density at radius 1 is 1.39 bits per heavy atom. The van der Waals surface area contributed by atoms with E-state index in [1.54, 1.807) is 29.5 Å². The highest BCUT2D eigenvalue weighted by molar-refractivity contribution is 7.10. The van der Waals surface area contributed by atoms with Crippen LogP contribution in [0.3, 0.4) is 0 Å². The lowest BCUT2D eigenvalue weighted by molar-refractivity contribution is 0.0742. The van der Waals surface area contributed by atoms with Gasteiger partial charge in [-0.2, -0.15) is 0 Å². The van der Waals surface area contributed by atoms with Crippen molar-refractivity contribution < 1.29 is 4.79 Å². The van der Waals surface area contributed by atoms with E-state index in [9.17, 15) is 9.59 Å². The van der Waals surface area contributed by atoms with Crippen molar-refractivity contribution in [3.05, 3.63) is 68.4 Å². The molecule has 23 heavy (non-hydrogen) atoms. The summed E-state index contributed by atoms with van der Waals surface area (Å²) in [5.74, 6) is -0.321. The van der Waals surface area contributed by atoms with Gasteiger partial charge in [0.1, 0.15) is 11.2 Å². The highest BCUT2D eigenvalue weighted by Crippen LogP contribution is 2.24. The number of aromatic nitrogens is 2. The molecule has 1 atom stereocenters. The molecule has 0 aromatic carbocycles. The Morgan fingerprint density at radius 2 is 2.17 bits per heavy atom. The molecule has 0 bridgehead atoms. The number of pyridine rings is 1. The summed E-state index contributed by atoms with van der Waals surface area (Å²) in [5, 5.41) is 1.97. The zero-order chi connectivity index (χ0) is 16.6. The minimum absolute atomic E-state index is 0.0808. The fraction of sp³-hybridized carbons (Fsp3) is 0.235. The van der Waals surface area contributed by atoms with Crippen LogP contribution in [-0.4, -0.2) is 27.2 Å². The molecule has 0 spiro atoms. The summed E-state index contributed by atoms with van der Waals surface area (Å²) in [7, 11) is 1.70. The molecule has 0 N–H and O–H groups in total. The number of fused-ring (bicyclic) bond motifs is 1. The number of hydrogen-bond acceptors (Lipinski definition) is 4. The van der Waals surface area contributed by atoms with Gasteiger partial charge in [-0.25, -0.2) is 4.98 Å². The molecule has 0 aliphatic carbocycles. The lowest BCUT2D eigenvalue weighted by Gasteiger charge is -2.23. The fourth-order valence-corrected chi connectivity index (χ4v) is 3.24. The summed E-state index contributed by atoms with van der Waals surface area (Å²) in [4.78, 5) is 32.2. The average Bonchev–Trinajstić information content (AvgIpc) is 3.07. The highest BCUT2D eigenvalue weighted by atomic mass is 32.1. The first-order valence-corrected chi connectivity index (χ1v) is 8.15. The second-order valence-corrected chi connectivity index (χ2v) is 6.50. The van der Waals surface area contributed by atoms with Crippen molar-refractivity contribution in [2.75, 3.05) is 7.05 Å². The number of carbonyl (C=O) groups is 1. The van der Waals surface area contributed by atoms with Gasteiger partial charge in [-0.3, -0.25) is 14.0 Å². The number of nitrogens with zero attached hydrogens (tertiary/aromatic N) is 3. The molecule has 0 aliphatic rings. The maximum Gasteiger partial charge on any atom is 0.270 e. The highest BCUT2D eigenvalue weighted by Gasteiger charge is 2.22. The molecule has 118 valence electrons. The van der Waals surface area contributed by atoms with Gasteiger partial charge < -0.3 is 4.90 Å². The molecule has 1 unspecified atom stereocenters. The van der Waals surface area contributed by atoms with Crippen LogP contribution in [0.25, 0.3) is 5.65 Å². The van der Waals surface area contributed by atoms with Crippen LogP contribution in [0.5, 0.6) is 0 Å². The molecule has 3 aromatic rings. The lowest BCUT2D eigenvalue weighted by atomic mass is 10.2. The average molecular weight is 327 g/mol. The van der Waals surface area contributed by atoms with E-state index in [4.69, 9.17) is 0 Å². The van der Waals surface area contributed by atoms with E-state index in [2.05, 4.69) is 4.98 Å². The van der Waals surface area contributed by atoms with Crippen molar-refractivity contribution in [3.8, 4) is 0 Å². The van der Waals surface area contributed by atoms with Crippen LogP contribution in [0, 0.1) is 6.92 Å². The first-order chi connectivity index (χ1) is 11.0. The molecule has 3 rings (SSSR count). The molecular formula is C17H17N3O2S. The number of aryl methyl sites for hydroxylation is 1. The molecular weight excluding hydrogens is 310 g/mol. The molecule has 0 saturated heterocycles. The number of amides is 1. The van der Waals surface area contributed by atoms with Gasteiger partial charge in [0.15, 0.2) is 0 Å². The Bertz CT molecular complexity index is 915. The van der Waals surface area contributed by atoms with Crippen LogP contribution >= 0.6 is 11.3 Å². The van der Waals surface area contributed by atoms with Gasteiger partial charge in [0.25, 0.3) is 11.5 Å². The Kier molecular flexibility index (Phi) is 4.00. The van der Waals surface area contributed by atoms with E-state index < -0.39 is 0 Å². The van der Waals surface area contributed by atoms with E-state index in [0.717, 1.165) is 10.4 Å². The van der Waals surface area contributed by atoms with Gasteiger partial charge >= 0.3 is 0 Å². The molecule has 3 heterocycles. The predicted octanol–water partition coefficient (Wildman–Crippen LogP) is 2.90.